The molecule has 0 radical (unpaired) electrons. The van der Waals surface area contributed by atoms with Gasteiger partial charge in [0, 0.05) is 24.5 Å². The molecule has 1 aliphatic heterocycles. The van der Waals surface area contributed by atoms with Gasteiger partial charge in [-0.05, 0) is 12.1 Å². The monoisotopic (exact) mass is 339 g/mol. The molecule has 0 saturated heterocycles. The van der Waals surface area contributed by atoms with E-state index in [0.717, 1.165) is 10.9 Å². The van der Waals surface area contributed by atoms with E-state index < -0.39 is 0 Å². The predicted octanol–water partition coefficient (Wildman–Crippen LogP) is 1.27. The molecule has 3 heterocycles. The van der Waals surface area contributed by atoms with Crippen molar-refractivity contribution in [2.24, 2.45) is 0 Å². The van der Waals surface area contributed by atoms with Gasteiger partial charge in [-0.2, -0.15) is 10.1 Å². The van der Waals surface area contributed by atoms with E-state index in [9.17, 15) is 4.79 Å². The molecule has 25 heavy (non-hydrogen) atoms. The van der Waals surface area contributed by atoms with Crippen LogP contribution in [0.15, 0.2) is 30.3 Å². The summed E-state index contributed by atoms with van der Waals surface area (Å²) in [5, 5.41) is 16.8. The average Bonchev–Trinajstić information content (AvgIpc) is 3.08. The Morgan fingerprint density at radius 3 is 2.80 bits per heavy atom. The normalized spacial score (nSPS) is 15.4. The van der Waals surface area contributed by atoms with Gasteiger partial charge >= 0.3 is 0 Å². The Kier molecular flexibility index (Phi) is 4.13. The summed E-state index contributed by atoms with van der Waals surface area (Å²) in [5.41, 5.74) is 1.18. The number of H-pyrrole nitrogens is 1. The van der Waals surface area contributed by atoms with Gasteiger partial charge in [-0.15, -0.1) is 0 Å². The van der Waals surface area contributed by atoms with Gasteiger partial charge < -0.3 is 20.7 Å². The second-order valence-electron chi connectivity index (χ2n) is 5.50. The highest BCUT2D eigenvalue weighted by molar-refractivity contribution is 5.94. The minimum Gasteiger partial charge on any atom is -0.378 e. The molecule has 9 nitrogen and oxygen atoms in total. The number of benzene rings is 1. The lowest BCUT2D eigenvalue weighted by Crippen LogP contribution is -2.28. The van der Waals surface area contributed by atoms with E-state index in [2.05, 4.69) is 36.1 Å². The van der Waals surface area contributed by atoms with E-state index in [0.29, 0.717) is 49.6 Å². The first-order valence-corrected chi connectivity index (χ1v) is 7.98. The SMILES string of the molecule is O=C1NCCOCCNc2nc(c3ccccc3n2)Nc2cc1[nH]n2. The van der Waals surface area contributed by atoms with Crippen molar-refractivity contribution in [1.82, 2.24) is 25.5 Å². The molecule has 0 aliphatic carbocycles. The van der Waals surface area contributed by atoms with Gasteiger partial charge in [0.1, 0.15) is 11.5 Å². The third-order valence-electron chi connectivity index (χ3n) is 3.73. The van der Waals surface area contributed by atoms with E-state index in [-0.39, 0.29) is 5.91 Å². The van der Waals surface area contributed by atoms with Gasteiger partial charge in [-0.3, -0.25) is 9.89 Å². The van der Waals surface area contributed by atoms with Crippen LogP contribution in [0.25, 0.3) is 10.9 Å². The third kappa shape index (κ3) is 3.36. The van der Waals surface area contributed by atoms with Crippen molar-refractivity contribution in [3.05, 3.63) is 36.0 Å². The number of anilines is 3. The lowest BCUT2D eigenvalue weighted by molar-refractivity contribution is 0.0916. The van der Waals surface area contributed by atoms with Crippen LogP contribution in [0.5, 0.6) is 0 Å². The van der Waals surface area contributed by atoms with Crippen molar-refractivity contribution in [2.75, 3.05) is 36.9 Å². The fraction of sp³-hybridized carbons (Fsp3) is 0.250. The predicted molar refractivity (Wildman–Crippen MR) is 93.1 cm³/mol. The van der Waals surface area contributed by atoms with Crippen LogP contribution >= 0.6 is 0 Å². The van der Waals surface area contributed by atoms with E-state index in [4.69, 9.17) is 4.74 Å². The zero-order valence-corrected chi connectivity index (χ0v) is 13.4. The molecule has 0 saturated carbocycles. The Morgan fingerprint density at radius 2 is 1.88 bits per heavy atom. The number of carbonyl (C=O) groups is 1. The number of rotatable bonds is 0. The summed E-state index contributed by atoms with van der Waals surface area (Å²) < 4.78 is 5.48. The quantitative estimate of drug-likeness (QED) is 0.487. The van der Waals surface area contributed by atoms with Gasteiger partial charge in [0.05, 0.1) is 18.7 Å². The van der Waals surface area contributed by atoms with Crippen molar-refractivity contribution >= 4 is 34.4 Å². The highest BCUT2D eigenvalue weighted by Crippen LogP contribution is 2.24. The van der Waals surface area contributed by atoms with Crippen molar-refractivity contribution in [3.63, 3.8) is 0 Å². The van der Waals surface area contributed by atoms with E-state index >= 15 is 0 Å². The summed E-state index contributed by atoms with van der Waals surface area (Å²) in [4.78, 5) is 21.1. The van der Waals surface area contributed by atoms with Crippen LogP contribution in [0.3, 0.4) is 0 Å². The second kappa shape index (κ2) is 6.73. The highest BCUT2D eigenvalue weighted by atomic mass is 16.5. The highest BCUT2D eigenvalue weighted by Gasteiger charge is 2.13. The maximum atomic E-state index is 12.1. The molecule has 9 heteroatoms. The first-order valence-electron chi connectivity index (χ1n) is 7.98. The molecule has 0 unspecified atom stereocenters. The lowest BCUT2D eigenvalue weighted by atomic mass is 10.2. The van der Waals surface area contributed by atoms with Gasteiger partial charge in [0.25, 0.3) is 5.91 Å². The van der Waals surface area contributed by atoms with Crippen LogP contribution in [0.4, 0.5) is 17.6 Å². The number of aromatic amines is 1. The minimum absolute atomic E-state index is 0.231. The Labute approximate surface area is 143 Å². The van der Waals surface area contributed by atoms with Crippen molar-refractivity contribution in [2.45, 2.75) is 0 Å². The van der Waals surface area contributed by atoms with Crippen LogP contribution < -0.4 is 16.0 Å². The number of amides is 1. The first kappa shape index (κ1) is 15.3. The molecule has 128 valence electrons. The Balaban J connectivity index is 1.74. The fourth-order valence-electron chi connectivity index (χ4n) is 2.54. The van der Waals surface area contributed by atoms with E-state index in [1.165, 1.54) is 0 Å². The Hall–Kier alpha value is -3.20. The van der Waals surface area contributed by atoms with Crippen LogP contribution in [0.1, 0.15) is 10.5 Å². The van der Waals surface area contributed by atoms with Crippen LogP contribution in [-0.2, 0) is 4.74 Å². The van der Waals surface area contributed by atoms with E-state index in [1.54, 1.807) is 6.07 Å². The number of carbonyl (C=O) groups excluding carboxylic acids is 1. The molecule has 3 aromatic rings. The van der Waals surface area contributed by atoms with Crippen molar-refractivity contribution < 1.29 is 9.53 Å². The molecule has 0 fully saturated rings. The number of hydrogen-bond donors (Lipinski definition) is 4. The molecule has 4 N–H and O–H groups in total. The molecule has 0 spiro atoms. The van der Waals surface area contributed by atoms with Crippen molar-refractivity contribution in [3.8, 4) is 0 Å². The Bertz CT molecular complexity index is 908. The molecular weight excluding hydrogens is 322 g/mol. The summed E-state index contributed by atoms with van der Waals surface area (Å²) in [6, 6.07) is 9.33. The topological polar surface area (TPSA) is 117 Å². The molecule has 4 bridgehead atoms. The largest absolute Gasteiger partial charge is 0.378 e. The summed E-state index contributed by atoms with van der Waals surface area (Å²) in [6.45, 7) is 1.91. The second-order valence-corrected chi connectivity index (χ2v) is 5.50. The molecule has 1 amide bonds. The van der Waals surface area contributed by atoms with Crippen molar-refractivity contribution in [1.29, 1.82) is 0 Å². The number of fused-ring (bicyclic) bond motifs is 6. The van der Waals surface area contributed by atoms with Gasteiger partial charge in [-0.25, -0.2) is 4.98 Å². The zero-order chi connectivity index (χ0) is 17.1. The van der Waals surface area contributed by atoms with Crippen LogP contribution in [0, 0.1) is 0 Å². The number of nitrogens with zero attached hydrogens (tertiary/aromatic N) is 3. The standard InChI is InChI=1S/C16H17N7O2/c24-15-12-9-13(23-22-12)20-14-10-3-1-2-4-11(10)19-16(21-14)18-6-8-25-7-5-17-15/h1-4,9H,5-8H2,(H,17,24)(H3,18,19,20,21,22,23). The number of para-hydroxylation sites is 1. The maximum Gasteiger partial charge on any atom is 0.269 e. The molecule has 2 aromatic heterocycles. The van der Waals surface area contributed by atoms with Crippen LogP contribution in [0.2, 0.25) is 0 Å². The zero-order valence-electron chi connectivity index (χ0n) is 13.4. The minimum atomic E-state index is -0.231. The fourth-order valence-corrected chi connectivity index (χ4v) is 2.54. The van der Waals surface area contributed by atoms with Gasteiger partial charge in [-0.1, -0.05) is 12.1 Å². The first-order chi connectivity index (χ1) is 12.3. The molecule has 4 rings (SSSR count). The molecule has 0 atom stereocenters. The molecular formula is C16H17N7O2. The van der Waals surface area contributed by atoms with E-state index in [1.807, 2.05) is 24.3 Å². The molecule has 1 aliphatic rings. The lowest BCUT2D eigenvalue weighted by Gasteiger charge is -2.10. The average molecular weight is 339 g/mol. The molecule has 1 aromatic carbocycles. The summed E-state index contributed by atoms with van der Waals surface area (Å²) in [5.74, 6) is 1.39. The third-order valence-corrected chi connectivity index (χ3v) is 3.73. The number of aromatic nitrogens is 4. The van der Waals surface area contributed by atoms with Gasteiger partial charge in [0.15, 0.2) is 5.82 Å². The smallest absolute Gasteiger partial charge is 0.269 e. The van der Waals surface area contributed by atoms with Gasteiger partial charge in [0.2, 0.25) is 5.95 Å². The summed E-state index contributed by atoms with van der Waals surface area (Å²) in [6.07, 6.45) is 0. The van der Waals surface area contributed by atoms with Crippen LogP contribution in [-0.4, -0.2) is 52.4 Å². The summed E-state index contributed by atoms with van der Waals surface area (Å²) >= 11 is 0. The number of hydrogen-bond acceptors (Lipinski definition) is 7. The number of ether oxygens (including phenoxy) is 1. The summed E-state index contributed by atoms with van der Waals surface area (Å²) in [7, 11) is 0. The number of nitrogens with one attached hydrogen (secondary N) is 4. The maximum absolute atomic E-state index is 12.1. The Morgan fingerprint density at radius 1 is 1.04 bits per heavy atom.